The summed E-state index contributed by atoms with van der Waals surface area (Å²) in [6, 6.07) is 8.89. The zero-order valence-electron chi connectivity index (χ0n) is 18.7. The molecule has 1 aliphatic rings. The van der Waals surface area contributed by atoms with Crippen LogP contribution in [0.5, 0.6) is 0 Å². The summed E-state index contributed by atoms with van der Waals surface area (Å²) in [6.45, 7) is 6.08. The van der Waals surface area contributed by atoms with Crippen LogP contribution in [0.4, 0.5) is 0 Å². The number of aryl methyl sites for hydroxylation is 1. The maximum atomic E-state index is 13.0. The van der Waals surface area contributed by atoms with Gasteiger partial charge in [-0.15, -0.1) is 5.10 Å². The Labute approximate surface area is 182 Å². The quantitative estimate of drug-likeness (QED) is 0.547. The first-order chi connectivity index (χ1) is 15.1. The van der Waals surface area contributed by atoms with E-state index in [9.17, 15) is 4.79 Å². The van der Waals surface area contributed by atoms with E-state index in [1.54, 1.807) is 7.11 Å². The highest BCUT2D eigenvalue weighted by Gasteiger charge is 2.36. The fourth-order valence-corrected chi connectivity index (χ4v) is 4.97. The van der Waals surface area contributed by atoms with Crippen LogP contribution in [0, 0.1) is 6.92 Å². The number of hydrogen-bond acceptors (Lipinski definition) is 5. The Bertz CT molecular complexity index is 1070. The Morgan fingerprint density at radius 1 is 1.29 bits per heavy atom. The van der Waals surface area contributed by atoms with Gasteiger partial charge in [-0.05, 0) is 66.1 Å². The SMILES string of the molecule is CC[C@H](c1nnnn1CCOC)[NH+](Cc1cc2ccc(C)cc2[nH]c1=O)C1CCCC1. The summed E-state index contributed by atoms with van der Waals surface area (Å²) in [5.74, 6) is 0.884. The van der Waals surface area contributed by atoms with E-state index in [1.165, 1.54) is 30.6 Å². The number of quaternary nitrogens is 1. The van der Waals surface area contributed by atoms with Crippen molar-refractivity contribution >= 4 is 10.9 Å². The first-order valence-electron chi connectivity index (χ1n) is 11.3. The minimum atomic E-state index is 0.00225. The molecule has 2 atom stereocenters. The van der Waals surface area contributed by atoms with Crippen molar-refractivity contribution in [1.29, 1.82) is 0 Å². The van der Waals surface area contributed by atoms with Crippen LogP contribution in [0.1, 0.15) is 62.0 Å². The van der Waals surface area contributed by atoms with E-state index in [-0.39, 0.29) is 11.6 Å². The zero-order chi connectivity index (χ0) is 21.8. The van der Waals surface area contributed by atoms with Crippen LogP contribution in [-0.4, -0.2) is 44.9 Å². The molecule has 1 aromatic carbocycles. The lowest BCUT2D eigenvalue weighted by molar-refractivity contribution is -0.969. The summed E-state index contributed by atoms with van der Waals surface area (Å²) in [7, 11) is 1.69. The number of rotatable bonds is 9. The summed E-state index contributed by atoms with van der Waals surface area (Å²) < 4.78 is 7.10. The largest absolute Gasteiger partial charge is 0.383 e. The molecule has 0 aliphatic heterocycles. The Morgan fingerprint density at radius 3 is 2.84 bits per heavy atom. The normalized spacial score (nSPS) is 16.7. The van der Waals surface area contributed by atoms with Gasteiger partial charge in [0.1, 0.15) is 12.6 Å². The maximum absolute atomic E-state index is 13.0. The van der Waals surface area contributed by atoms with E-state index >= 15 is 0 Å². The molecule has 0 bridgehead atoms. The number of hydrogen-bond donors (Lipinski definition) is 2. The molecule has 0 amide bonds. The van der Waals surface area contributed by atoms with Gasteiger partial charge in [-0.25, -0.2) is 4.68 Å². The summed E-state index contributed by atoms with van der Waals surface area (Å²) in [5.41, 5.74) is 2.87. The van der Waals surface area contributed by atoms with E-state index < -0.39 is 0 Å². The fourth-order valence-electron chi connectivity index (χ4n) is 4.97. The number of H-pyrrole nitrogens is 1. The molecule has 1 fully saturated rings. The predicted molar refractivity (Wildman–Crippen MR) is 119 cm³/mol. The van der Waals surface area contributed by atoms with Crippen molar-refractivity contribution in [2.45, 2.75) is 71.1 Å². The molecule has 0 radical (unpaired) electrons. The molecule has 31 heavy (non-hydrogen) atoms. The highest BCUT2D eigenvalue weighted by atomic mass is 16.5. The van der Waals surface area contributed by atoms with Gasteiger partial charge in [0.25, 0.3) is 5.56 Å². The molecular weight excluding hydrogens is 392 g/mol. The molecule has 0 saturated heterocycles. The number of methoxy groups -OCH3 is 1. The topological polar surface area (TPSA) is 90.1 Å². The number of aromatic amines is 1. The summed E-state index contributed by atoms with van der Waals surface area (Å²) in [5, 5.41) is 13.6. The molecule has 1 aliphatic carbocycles. The van der Waals surface area contributed by atoms with Crippen LogP contribution < -0.4 is 10.5 Å². The minimum absolute atomic E-state index is 0.00225. The van der Waals surface area contributed by atoms with Crippen molar-refractivity contribution in [1.82, 2.24) is 25.2 Å². The lowest BCUT2D eigenvalue weighted by Crippen LogP contribution is -3.14. The van der Waals surface area contributed by atoms with Crippen molar-refractivity contribution in [3.05, 3.63) is 51.6 Å². The number of nitrogens with one attached hydrogen (secondary N) is 2. The number of tetrazole rings is 1. The Balaban J connectivity index is 1.69. The van der Waals surface area contributed by atoms with Gasteiger partial charge in [-0.1, -0.05) is 19.1 Å². The number of benzene rings is 1. The first kappa shape index (κ1) is 21.6. The fraction of sp³-hybridized carbons (Fsp3) is 0.565. The van der Waals surface area contributed by atoms with Crippen LogP contribution in [0.15, 0.2) is 29.1 Å². The maximum Gasteiger partial charge on any atom is 0.257 e. The number of fused-ring (bicyclic) bond motifs is 1. The molecule has 166 valence electrons. The van der Waals surface area contributed by atoms with Gasteiger partial charge in [-0.2, -0.15) is 0 Å². The lowest BCUT2D eigenvalue weighted by Gasteiger charge is -2.32. The molecule has 2 aromatic heterocycles. The van der Waals surface area contributed by atoms with Gasteiger partial charge in [0.05, 0.1) is 24.8 Å². The Morgan fingerprint density at radius 2 is 2.10 bits per heavy atom. The molecule has 8 nitrogen and oxygen atoms in total. The number of pyridine rings is 1. The van der Waals surface area contributed by atoms with Crippen LogP contribution in [0.3, 0.4) is 0 Å². The van der Waals surface area contributed by atoms with Gasteiger partial charge >= 0.3 is 0 Å². The second-order valence-electron chi connectivity index (χ2n) is 8.66. The van der Waals surface area contributed by atoms with E-state index in [0.29, 0.717) is 25.7 Å². The Kier molecular flexibility index (Phi) is 6.77. The molecular formula is C23H33N6O2+. The van der Waals surface area contributed by atoms with Gasteiger partial charge in [0.15, 0.2) is 0 Å². The second-order valence-corrected chi connectivity index (χ2v) is 8.66. The van der Waals surface area contributed by atoms with Crippen molar-refractivity contribution in [2.24, 2.45) is 0 Å². The Hall–Kier alpha value is -2.58. The second kappa shape index (κ2) is 9.70. The van der Waals surface area contributed by atoms with E-state index in [1.807, 2.05) is 17.7 Å². The molecule has 1 unspecified atom stereocenters. The monoisotopic (exact) mass is 425 g/mol. The third kappa shape index (κ3) is 4.70. The van der Waals surface area contributed by atoms with Gasteiger partial charge in [-0.3, -0.25) is 4.79 Å². The van der Waals surface area contributed by atoms with E-state index in [0.717, 1.165) is 34.3 Å². The molecule has 3 aromatic rings. The van der Waals surface area contributed by atoms with Crippen LogP contribution in [0.25, 0.3) is 10.9 Å². The van der Waals surface area contributed by atoms with Gasteiger partial charge < -0.3 is 14.6 Å². The van der Waals surface area contributed by atoms with Crippen molar-refractivity contribution in [3.63, 3.8) is 0 Å². The van der Waals surface area contributed by atoms with Gasteiger partial charge in [0, 0.05) is 19.0 Å². The smallest absolute Gasteiger partial charge is 0.257 e. The predicted octanol–water partition coefficient (Wildman–Crippen LogP) is 1.95. The average Bonchev–Trinajstić information content (AvgIpc) is 3.45. The molecule has 1 saturated carbocycles. The highest BCUT2D eigenvalue weighted by molar-refractivity contribution is 5.79. The highest BCUT2D eigenvalue weighted by Crippen LogP contribution is 2.20. The third-order valence-electron chi connectivity index (χ3n) is 6.59. The molecule has 2 heterocycles. The number of ether oxygens (including phenoxy) is 1. The summed E-state index contributed by atoms with van der Waals surface area (Å²) in [4.78, 5) is 17.5. The minimum Gasteiger partial charge on any atom is -0.383 e. The molecule has 4 rings (SSSR count). The van der Waals surface area contributed by atoms with Crippen LogP contribution in [0.2, 0.25) is 0 Å². The third-order valence-corrected chi connectivity index (χ3v) is 6.59. The first-order valence-corrected chi connectivity index (χ1v) is 11.3. The number of aromatic nitrogens is 5. The van der Waals surface area contributed by atoms with E-state index in [4.69, 9.17) is 4.74 Å². The van der Waals surface area contributed by atoms with Gasteiger partial charge in [0.2, 0.25) is 5.82 Å². The van der Waals surface area contributed by atoms with Crippen molar-refractivity contribution in [2.75, 3.05) is 13.7 Å². The molecule has 2 N–H and O–H groups in total. The van der Waals surface area contributed by atoms with Crippen molar-refractivity contribution in [3.8, 4) is 0 Å². The van der Waals surface area contributed by atoms with Crippen LogP contribution >= 0.6 is 0 Å². The number of nitrogens with zero attached hydrogens (tertiary/aromatic N) is 4. The summed E-state index contributed by atoms with van der Waals surface area (Å²) in [6.07, 6.45) is 5.75. The van der Waals surface area contributed by atoms with Crippen LogP contribution in [-0.2, 0) is 17.8 Å². The zero-order valence-corrected chi connectivity index (χ0v) is 18.7. The average molecular weight is 426 g/mol. The molecule has 8 heteroatoms. The summed E-state index contributed by atoms with van der Waals surface area (Å²) >= 11 is 0. The molecule has 0 spiro atoms. The van der Waals surface area contributed by atoms with Crippen molar-refractivity contribution < 1.29 is 9.64 Å². The lowest BCUT2D eigenvalue weighted by atomic mass is 10.0. The van der Waals surface area contributed by atoms with E-state index in [2.05, 4.69) is 45.6 Å². The standard InChI is InChI=1S/C23H32N6O2/c1-4-21(22-25-26-27-29(22)11-12-31-3)28(19-7-5-6-8-19)15-18-14-17-10-9-16(2)13-20(17)24-23(18)30/h9-10,13-14,19,21H,4-8,11-12,15H2,1-3H3,(H,24,30)/p+1/t21-/m1/s1.